The van der Waals surface area contributed by atoms with Crippen molar-refractivity contribution in [2.75, 3.05) is 47.9 Å². The molecule has 2 aromatic rings. The van der Waals surface area contributed by atoms with E-state index in [4.69, 9.17) is 11.6 Å². The number of hydrogen-bond donors (Lipinski definition) is 1. The Balaban J connectivity index is 1.37. The van der Waals surface area contributed by atoms with Crippen LogP contribution in [0.25, 0.3) is 0 Å². The van der Waals surface area contributed by atoms with Gasteiger partial charge in [-0.25, -0.2) is 8.42 Å². The number of rotatable bonds is 5. The summed E-state index contributed by atoms with van der Waals surface area (Å²) >= 11 is 7.32. The van der Waals surface area contributed by atoms with E-state index in [1.807, 2.05) is 24.3 Å². The molecular formula is C22H24ClN3O4S2. The number of halogens is 1. The van der Waals surface area contributed by atoms with Crippen molar-refractivity contribution < 1.29 is 18.0 Å². The Morgan fingerprint density at radius 3 is 2.50 bits per heavy atom. The van der Waals surface area contributed by atoms with Crippen molar-refractivity contribution in [3.63, 3.8) is 0 Å². The summed E-state index contributed by atoms with van der Waals surface area (Å²) in [5.41, 5.74) is 1.56. The SMILES string of the molecule is CC(CS(=O)(=O)c1ccc2c(c1)NC(=O)CS2)C(=O)N1CCN(c2ccc(Cl)cc2)CC1. The smallest absolute Gasteiger partial charge is 0.234 e. The zero-order chi connectivity index (χ0) is 22.9. The quantitative estimate of drug-likeness (QED) is 0.688. The monoisotopic (exact) mass is 493 g/mol. The summed E-state index contributed by atoms with van der Waals surface area (Å²) in [6, 6.07) is 12.3. The number of carbonyl (C=O) groups is 2. The minimum Gasteiger partial charge on any atom is -0.368 e. The van der Waals surface area contributed by atoms with E-state index in [2.05, 4.69) is 10.2 Å². The van der Waals surface area contributed by atoms with Gasteiger partial charge in [0, 0.05) is 47.7 Å². The number of nitrogens with zero attached hydrogens (tertiary/aromatic N) is 2. The van der Waals surface area contributed by atoms with Crippen LogP contribution in [0.1, 0.15) is 6.92 Å². The van der Waals surface area contributed by atoms with Crippen molar-refractivity contribution in [2.45, 2.75) is 16.7 Å². The molecule has 2 aliphatic heterocycles. The van der Waals surface area contributed by atoms with E-state index < -0.39 is 15.8 Å². The molecule has 10 heteroatoms. The van der Waals surface area contributed by atoms with Gasteiger partial charge >= 0.3 is 0 Å². The van der Waals surface area contributed by atoms with Crippen LogP contribution in [0.5, 0.6) is 0 Å². The number of nitrogens with one attached hydrogen (secondary N) is 1. The number of hydrogen-bond acceptors (Lipinski definition) is 6. The fourth-order valence-corrected chi connectivity index (χ4v) is 6.38. The maximum atomic E-state index is 13.0. The molecule has 1 fully saturated rings. The van der Waals surface area contributed by atoms with Crippen molar-refractivity contribution in [1.29, 1.82) is 0 Å². The predicted octanol–water partition coefficient (Wildman–Crippen LogP) is 3.14. The summed E-state index contributed by atoms with van der Waals surface area (Å²) in [5, 5.41) is 3.39. The van der Waals surface area contributed by atoms with Crippen LogP contribution in [0.15, 0.2) is 52.3 Å². The lowest BCUT2D eigenvalue weighted by atomic mass is 10.1. The van der Waals surface area contributed by atoms with Gasteiger partial charge in [0.1, 0.15) is 0 Å². The van der Waals surface area contributed by atoms with E-state index >= 15 is 0 Å². The summed E-state index contributed by atoms with van der Waals surface area (Å²) in [4.78, 5) is 29.4. The van der Waals surface area contributed by atoms with Gasteiger partial charge in [-0.05, 0) is 42.5 Å². The molecule has 0 aliphatic carbocycles. The molecule has 1 unspecified atom stereocenters. The molecule has 2 aliphatic rings. The highest BCUT2D eigenvalue weighted by molar-refractivity contribution is 8.00. The Morgan fingerprint density at radius 1 is 1.12 bits per heavy atom. The first-order valence-electron chi connectivity index (χ1n) is 10.3. The molecule has 1 atom stereocenters. The number of fused-ring (bicyclic) bond motifs is 1. The molecule has 1 N–H and O–H groups in total. The van der Waals surface area contributed by atoms with Crippen LogP contribution in [0.3, 0.4) is 0 Å². The number of sulfone groups is 1. The molecular weight excluding hydrogens is 470 g/mol. The Bertz CT molecular complexity index is 1130. The van der Waals surface area contributed by atoms with Crippen molar-refractivity contribution in [3.05, 3.63) is 47.5 Å². The molecule has 32 heavy (non-hydrogen) atoms. The highest BCUT2D eigenvalue weighted by Crippen LogP contribution is 2.33. The second-order valence-corrected chi connectivity index (χ2v) is 11.5. The van der Waals surface area contributed by atoms with Crippen LogP contribution >= 0.6 is 23.4 Å². The summed E-state index contributed by atoms with van der Waals surface area (Å²) in [7, 11) is -3.68. The molecule has 1 saturated heterocycles. The second-order valence-electron chi connectivity index (χ2n) is 7.97. The highest BCUT2D eigenvalue weighted by atomic mass is 35.5. The highest BCUT2D eigenvalue weighted by Gasteiger charge is 2.30. The topological polar surface area (TPSA) is 86.8 Å². The average Bonchev–Trinajstić information content (AvgIpc) is 2.78. The van der Waals surface area contributed by atoms with Crippen LogP contribution in [0.2, 0.25) is 5.02 Å². The Morgan fingerprint density at radius 2 is 1.81 bits per heavy atom. The Kier molecular flexibility index (Phi) is 6.69. The van der Waals surface area contributed by atoms with Gasteiger partial charge < -0.3 is 15.1 Å². The minimum atomic E-state index is -3.68. The zero-order valence-corrected chi connectivity index (χ0v) is 20.0. The molecule has 2 aromatic carbocycles. The maximum Gasteiger partial charge on any atom is 0.234 e. The van der Waals surface area contributed by atoms with E-state index in [0.717, 1.165) is 10.6 Å². The summed E-state index contributed by atoms with van der Waals surface area (Å²) in [5.74, 6) is -0.939. The zero-order valence-electron chi connectivity index (χ0n) is 17.6. The molecule has 4 rings (SSSR count). The van der Waals surface area contributed by atoms with E-state index in [1.54, 1.807) is 24.0 Å². The largest absolute Gasteiger partial charge is 0.368 e. The van der Waals surface area contributed by atoms with E-state index in [1.165, 1.54) is 17.8 Å². The van der Waals surface area contributed by atoms with Gasteiger partial charge in [0.05, 0.1) is 22.1 Å². The van der Waals surface area contributed by atoms with Gasteiger partial charge in [0.15, 0.2) is 9.84 Å². The number of anilines is 2. The third-order valence-corrected chi connectivity index (χ3v) is 8.85. The van der Waals surface area contributed by atoms with Gasteiger partial charge in [-0.1, -0.05) is 18.5 Å². The Labute approximate surface area is 197 Å². The van der Waals surface area contributed by atoms with Crippen LogP contribution in [-0.4, -0.2) is 62.8 Å². The maximum absolute atomic E-state index is 13.0. The molecule has 0 spiro atoms. The lowest BCUT2D eigenvalue weighted by Crippen LogP contribution is -2.50. The first-order chi connectivity index (χ1) is 15.2. The molecule has 0 bridgehead atoms. The minimum absolute atomic E-state index is 0.117. The Hall–Kier alpha value is -2.23. The van der Waals surface area contributed by atoms with Gasteiger partial charge in [-0.2, -0.15) is 0 Å². The van der Waals surface area contributed by atoms with E-state index in [0.29, 0.717) is 42.6 Å². The normalized spacial score (nSPS) is 17.5. The fraction of sp³-hybridized carbons (Fsp3) is 0.364. The van der Waals surface area contributed by atoms with Gasteiger partial charge in [0.2, 0.25) is 11.8 Å². The van der Waals surface area contributed by atoms with Crippen LogP contribution in [0, 0.1) is 5.92 Å². The van der Waals surface area contributed by atoms with Crippen LogP contribution in [-0.2, 0) is 19.4 Å². The lowest BCUT2D eigenvalue weighted by Gasteiger charge is -2.37. The van der Waals surface area contributed by atoms with E-state index in [-0.39, 0.29) is 22.5 Å². The van der Waals surface area contributed by atoms with Crippen LogP contribution in [0.4, 0.5) is 11.4 Å². The van der Waals surface area contributed by atoms with Crippen LogP contribution < -0.4 is 10.2 Å². The third kappa shape index (κ3) is 5.05. The van der Waals surface area contributed by atoms with Crippen molar-refractivity contribution >= 4 is 56.4 Å². The number of amides is 2. The molecule has 0 aromatic heterocycles. The molecule has 7 nitrogen and oxygen atoms in total. The number of benzene rings is 2. The van der Waals surface area contributed by atoms with Crippen molar-refractivity contribution in [2.24, 2.45) is 5.92 Å². The lowest BCUT2D eigenvalue weighted by molar-refractivity contribution is -0.134. The summed E-state index contributed by atoms with van der Waals surface area (Å²) < 4.78 is 25.9. The van der Waals surface area contributed by atoms with Crippen molar-refractivity contribution in [3.8, 4) is 0 Å². The fourth-order valence-electron chi connectivity index (χ4n) is 3.90. The standard InChI is InChI=1S/C22H24ClN3O4S2/c1-15(14-32(29,30)18-6-7-20-19(12-18)24-21(27)13-31-20)22(28)26-10-8-25(9-11-26)17-4-2-16(23)3-5-17/h2-7,12,15H,8-11,13-14H2,1H3,(H,24,27). The second kappa shape index (κ2) is 9.33. The molecule has 0 saturated carbocycles. The molecule has 170 valence electrons. The van der Waals surface area contributed by atoms with Gasteiger partial charge in [0.25, 0.3) is 0 Å². The van der Waals surface area contributed by atoms with Crippen molar-refractivity contribution in [1.82, 2.24) is 4.90 Å². The molecule has 0 radical (unpaired) electrons. The number of thioether (sulfide) groups is 1. The average molecular weight is 494 g/mol. The van der Waals surface area contributed by atoms with Gasteiger partial charge in [-0.3, -0.25) is 9.59 Å². The molecule has 2 heterocycles. The summed E-state index contributed by atoms with van der Waals surface area (Å²) in [6.45, 7) is 4.08. The summed E-state index contributed by atoms with van der Waals surface area (Å²) in [6.07, 6.45) is 0. The predicted molar refractivity (Wildman–Crippen MR) is 127 cm³/mol. The number of carbonyl (C=O) groups excluding carboxylic acids is 2. The molecule has 2 amide bonds. The first kappa shape index (κ1) is 22.9. The first-order valence-corrected chi connectivity index (χ1v) is 13.3. The number of piperazine rings is 1. The third-order valence-electron chi connectivity index (χ3n) is 5.62. The van der Waals surface area contributed by atoms with Gasteiger partial charge in [-0.15, -0.1) is 11.8 Å². The van der Waals surface area contributed by atoms with E-state index in [9.17, 15) is 18.0 Å².